The Kier molecular flexibility index (Phi) is 3.06. The summed E-state index contributed by atoms with van der Waals surface area (Å²) in [6.07, 6.45) is 0. The first kappa shape index (κ1) is 10.9. The topological polar surface area (TPSA) is 9.23 Å². The first-order valence-electron chi connectivity index (χ1n) is 4.54. The Bertz CT molecular complexity index is 514. The molecular formula is C12H7ClF2O. The lowest BCUT2D eigenvalue weighted by atomic mass is 10.3. The summed E-state index contributed by atoms with van der Waals surface area (Å²) in [6, 6.07) is 10.2. The summed E-state index contributed by atoms with van der Waals surface area (Å²) in [7, 11) is 0. The van der Waals surface area contributed by atoms with Gasteiger partial charge in [-0.15, -0.1) is 0 Å². The van der Waals surface area contributed by atoms with Crippen molar-refractivity contribution in [1.29, 1.82) is 0 Å². The normalized spacial score (nSPS) is 10.2. The zero-order chi connectivity index (χ0) is 11.5. The molecule has 0 bridgehead atoms. The minimum absolute atomic E-state index is 0.165. The molecular weight excluding hydrogens is 234 g/mol. The van der Waals surface area contributed by atoms with Crippen molar-refractivity contribution in [3.05, 3.63) is 59.1 Å². The summed E-state index contributed by atoms with van der Waals surface area (Å²) in [5.41, 5.74) is 0. The Labute approximate surface area is 96.2 Å². The Morgan fingerprint density at radius 1 is 1.00 bits per heavy atom. The van der Waals surface area contributed by atoms with Gasteiger partial charge in [0, 0.05) is 5.02 Å². The molecule has 0 radical (unpaired) electrons. The van der Waals surface area contributed by atoms with Gasteiger partial charge in [-0.05, 0) is 30.3 Å². The van der Waals surface area contributed by atoms with E-state index in [1.165, 1.54) is 18.2 Å². The van der Waals surface area contributed by atoms with Gasteiger partial charge in [0.05, 0.1) is 0 Å². The fourth-order valence-electron chi connectivity index (χ4n) is 1.22. The third-order valence-corrected chi connectivity index (χ3v) is 2.18. The van der Waals surface area contributed by atoms with Crippen LogP contribution in [0.15, 0.2) is 42.5 Å². The molecule has 0 amide bonds. The van der Waals surface area contributed by atoms with Crippen LogP contribution in [0.5, 0.6) is 11.5 Å². The molecule has 2 aromatic rings. The number of halogens is 3. The van der Waals surface area contributed by atoms with Crippen molar-refractivity contribution in [2.45, 2.75) is 0 Å². The first-order valence-corrected chi connectivity index (χ1v) is 4.92. The largest absolute Gasteiger partial charge is 0.454 e. The van der Waals surface area contributed by atoms with Crippen molar-refractivity contribution in [2.24, 2.45) is 0 Å². The molecule has 0 spiro atoms. The number of rotatable bonds is 2. The van der Waals surface area contributed by atoms with E-state index in [-0.39, 0.29) is 5.75 Å². The van der Waals surface area contributed by atoms with Crippen LogP contribution in [-0.4, -0.2) is 0 Å². The molecule has 0 atom stereocenters. The Hall–Kier alpha value is -1.61. The van der Waals surface area contributed by atoms with Crippen molar-refractivity contribution in [3.63, 3.8) is 0 Å². The maximum Gasteiger partial charge on any atom is 0.201 e. The highest BCUT2D eigenvalue weighted by Gasteiger charge is 2.09. The van der Waals surface area contributed by atoms with Crippen molar-refractivity contribution < 1.29 is 13.5 Å². The van der Waals surface area contributed by atoms with Crippen molar-refractivity contribution in [2.75, 3.05) is 0 Å². The van der Waals surface area contributed by atoms with Gasteiger partial charge in [-0.2, -0.15) is 4.39 Å². The summed E-state index contributed by atoms with van der Waals surface area (Å²) < 4.78 is 31.3. The van der Waals surface area contributed by atoms with E-state index in [0.29, 0.717) is 10.8 Å². The minimum atomic E-state index is -1.01. The van der Waals surface area contributed by atoms with Gasteiger partial charge in [-0.3, -0.25) is 0 Å². The standard InChI is InChI=1S/C12H7ClF2O/c13-8-3-1-4-9(7-8)16-11-6-2-5-10(14)12(11)15/h1-7H. The van der Waals surface area contributed by atoms with Crippen molar-refractivity contribution >= 4 is 11.6 Å². The number of ether oxygens (including phenoxy) is 1. The molecule has 0 unspecified atom stereocenters. The zero-order valence-electron chi connectivity index (χ0n) is 8.08. The summed E-state index contributed by atoms with van der Waals surface area (Å²) in [4.78, 5) is 0. The molecule has 82 valence electrons. The van der Waals surface area contributed by atoms with Crippen LogP contribution in [0.2, 0.25) is 5.02 Å². The molecule has 0 aliphatic heterocycles. The molecule has 0 heterocycles. The van der Waals surface area contributed by atoms with E-state index in [1.807, 2.05) is 0 Å². The maximum absolute atomic E-state index is 13.3. The van der Waals surface area contributed by atoms with Crippen LogP contribution in [0.25, 0.3) is 0 Å². The van der Waals surface area contributed by atoms with Gasteiger partial charge in [-0.1, -0.05) is 23.7 Å². The van der Waals surface area contributed by atoms with Gasteiger partial charge < -0.3 is 4.74 Å². The van der Waals surface area contributed by atoms with Gasteiger partial charge in [0.1, 0.15) is 5.75 Å². The predicted octanol–water partition coefficient (Wildman–Crippen LogP) is 4.41. The molecule has 2 aromatic carbocycles. The van der Waals surface area contributed by atoms with Crippen LogP contribution in [-0.2, 0) is 0 Å². The first-order chi connectivity index (χ1) is 7.66. The second kappa shape index (κ2) is 4.49. The molecule has 0 aliphatic carbocycles. The molecule has 0 fully saturated rings. The van der Waals surface area contributed by atoms with Crippen LogP contribution in [0.1, 0.15) is 0 Å². The number of benzene rings is 2. The highest BCUT2D eigenvalue weighted by Crippen LogP contribution is 2.27. The van der Waals surface area contributed by atoms with Gasteiger partial charge in [0.15, 0.2) is 11.6 Å². The molecule has 1 nitrogen and oxygen atoms in total. The average molecular weight is 241 g/mol. The Balaban J connectivity index is 2.31. The smallest absolute Gasteiger partial charge is 0.201 e. The molecule has 4 heteroatoms. The molecule has 0 N–H and O–H groups in total. The Morgan fingerprint density at radius 2 is 1.75 bits per heavy atom. The molecule has 0 aliphatic rings. The quantitative estimate of drug-likeness (QED) is 0.756. The number of hydrogen-bond acceptors (Lipinski definition) is 1. The highest BCUT2D eigenvalue weighted by atomic mass is 35.5. The summed E-state index contributed by atoms with van der Waals surface area (Å²) >= 11 is 5.73. The SMILES string of the molecule is Fc1cccc(Oc2cccc(Cl)c2)c1F. The van der Waals surface area contributed by atoms with Gasteiger partial charge in [0.2, 0.25) is 5.82 Å². The minimum Gasteiger partial charge on any atom is -0.454 e. The second-order valence-corrected chi connectivity index (χ2v) is 3.55. The average Bonchev–Trinajstić information content (AvgIpc) is 2.25. The van der Waals surface area contributed by atoms with E-state index in [4.69, 9.17) is 16.3 Å². The fourth-order valence-corrected chi connectivity index (χ4v) is 1.40. The van der Waals surface area contributed by atoms with Crippen LogP contribution in [0, 0.1) is 11.6 Å². The zero-order valence-corrected chi connectivity index (χ0v) is 8.84. The van der Waals surface area contributed by atoms with Crippen LogP contribution in [0.3, 0.4) is 0 Å². The Morgan fingerprint density at radius 3 is 2.50 bits per heavy atom. The third kappa shape index (κ3) is 2.31. The molecule has 16 heavy (non-hydrogen) atoms. The van der Waals surface area contributed by atoms with Gasteiger partial charge >= 0.3 is 0 Å². The maximum atomic E-state index is 13.3. The van der Waals surface area contributed by atoms with Gasteiger partial charge in [-0.25, -0.2) is 4.39 Å². The lowest BCUT2D eigenvalue weighted by Crippen LogP contribution is -1.91. The second-order valence-electron chi connectivity index (χ2n) is 3.11. The van der Waals surface area contributed by atoms with Gasteiger partial charge in [0.25, 0.3) is 0 Å². The van der Waals surface area contributed by atoms with E-state index in [9.17, 15) is 8.78 Å². The fraction of sp³-hybridized carbons (Fsp3) is 0. The monoisotopic (exact) mass is 240 g/mol. The van der Waals surface area contributed by atoms with E-state index in [1.54, 1.807) is 18.2 Å². The van der Waals surface area contributed by atoms with E-state index >= 15 is 0 Å². The summed E-state index contributed by atoms with van der Waals surface area (Å²) in [6.45, 7) is 0. The van der Waals surface area contributed by atoms with E-state index < -0.39 is 11.6 Å². The summed E-state index contributed by atoms with van der Waals surface area (Å²) in [5.74, 6) is -1.76. The van der Waals surface area contributed by atoms with Crippen LogP contribution in [0.4, 0.5) is 8.78 Å². The lowest BCUT2D eigenvalue weighted by molar-refractivity contribution is 0.416. The number of hydrogen-bond donors (Lipinski definition) is 0. The van der Waals surface area contributed by atoms with Crippen LogP contribution < -0.4 is 4.74 Å². The molecule has 2 rings (SSSR count). The molecule has 0 saturated heterocycles. The van der Waals surface area contributed by atoms with Crippen LogP contribution >= 0.6 is 11.6 Å². The van der Waals surface area contributed by atoms with E-state index in [0.717, 1.165) is 6.07 Å². The lowest BCUT2D eigenvalue weighted by Gasteiger charge is -2.06. The van der Waals surface area contributed by atoms with Crippen molar-refractivity contribution in [3.8, 4) is 11.5 Å². The summed E-state index contributed by atoms with van der Waals surface area (Å²) in [5, 5.41) is 0.467. The third-order valence-electron chi connectivity index (χ3n) is 1.94. The molecule has 0 aromatic heterocycles. The highest BCUT2D eigenvalue weighted by molar-refractivity contribution is 6.30. The van der Waals surface area contributed by atoms with E-state index in [2.05, 4.69) is 0 Å². The predicted molar refractivity (Wildman–Crippen MR) is 57.9 cm³/mol. The molecule has 0 saturated carbocycles. The van der Waals surface area contributed by atoms with Crippen molar-refractivity contribution in [1.82, 2.24) is 0 Å².